The fourth-order valence-electron chi connectivity index (χ4n) is 4.08. The van der Waals surface area contributed by atoms with Gasteiger partial charge in [-0.1, -0.05) is 42.8 Å². The zero-order valence-corrected chi connectivity index (χ0v) is 12.8. The molecule has 3 heteroatoms. The first kappa shape index (κ1) is 13.1. The van der Waals surface area contributed by atoms with Crippen molar-refractivity contribution >= 4 is 33.8 Å². The van der Waals surface area contributed by atoms with Crippen molar-refractivity contribution in [3.05, 3.63) is 42.5 Å². The van der Waals surface area contributed by atoms with E-state index in [0.717, 1.165) is 22.6 Å². The van der Waals surface area contributed by atoms with Crippen molar-refractivity contribution in [3.8, 4) is 0 Å². The molecule has 2 saturated carbocycles. The van der Waals surface area contributed by atoms with Gasteiger partial charge in [0.15, 0.2) is 5.11 Å². The van der Waals surface area contributed by atoms with Gasteiger partial charge in [-0.25, -0.2) is 0 Å². The summed E-state index contributed by atoms with van der Waals surface area (Å²) in [5.74, 6) is 1.77. The van der Waals surface area contributed by atoms with Gasteiger partial charge in [-0.3, -0.25) is 0 Å². The van der Waals surface area contributed by atoms with E-state index in [4.69, 9.17) is 12.2 Å². The highest BCUT2D eigenvalue weighted by Gasteiger charge is 2.39. The minimum Gasteiger partial charge on any atom is -0.359 e. The maximum Gasteiger partial charge on any atom is 0.171 e. The number of thiocarbonyl (C=S) groups is 1. The molecule has 0 saturated heterocycles. The molecule has 2 aromatic rings. The van der Waals surface area contributed by atoms with Gasteiger partial charge in [0.2, 0.25) is 0 Å². The SMILES string of the molecule is S=C(Nc1cccc2ccccc12)NC1CC2CCC1C2. The van der Waals surface area contributed by atoms with E-state index in [0.29, 0.717) is 6.04 Å². The van der Waals surface area contributed by atoms with E-state index in [1.165, 1.54) is 36.5 Å². The van der Waals surface area contributed by atoms with Crippen molar-refractivity contribution < 1.29 is 0 Å². The molecule has 2 N–H and O–H groups in total. The van der Waals surface area contributed by atoms with Gasteiger partial charge in [0, 0.05) is 17.1 Å². The second-order valence-corrected chi connectivity index (χ2v) is 6.81. The minimum atomic E-state index is 0.582. The van der Waals surface area contributed by atoms with Gasteiger partial charge >= 0.3 is 0 Å². The van der Waals surface area contributed by atoms with Crippen LogP contribution in [0.3, 0.4) is 0 Å². The Balaban J connectivity index is 1.48. The summed E-state index contributed by atoms with van der Waals surface area (Å²) in [4.78, 5) is 0. The van der Waals surface area contributed by atoms with Crippen LogP contribution in [0.5, 0.6) is 0 Å². The van der Waals surface area contributed by atoms with Gasteiger partial charge in [-0.05, 0) is 54.8 Å². The topological polar surface area (TPSA) is 24.1 Å². The Kier molecular flexibility index (Phi) is 3.30. The predicted octanol–water partition coefficient (Wildman–Crippen LogP) is 4.31. The van der Waals surface area contributed by atoms with E-state index < -0.39 is 0 Å². The van der Waals surface area contributed by atoms with E-state index in [2.05, 4.69) is 53.1 Å². The van der Waals surface area contributed by atoms with Gasteiger partial charge < -0.3 is 10.6 Å². The molecule has 0 radical (unpaired) electrons. The summed E-state index contributed by atoms with van der Waals surface area (Å²) in [6, 6.07) is 15.3. The quantitative estimate of drug-likeness (QED) is 0.807. The van der Waals surface area contributed by atoms with Gasteiger partial charge in [0.05, 0.1) is 0 Å². The Bertz CT molecular complexity index is 676. The molecule has 21 heavy (non-hydrogen) atoms. The van der Waals surface area contributed by atoms with Crippen LogP contribution >= 0.6 is 12.2 Å². The third-order valence-corrected chi connectivity index (χ3v) is 5.31. The predicted molar refractivity (Wildman–Crippen MR) is 92.5 cm³/mol. The Morgan fingerprint density at radius 3 is 2.67 bits per heavy atom. The van der Waals surface area contributed by atoms with Crippen molar-refractivity contribution in [2.75, 3.05) is 5.32 Å². The molecule has 2 nitrogen and oxygen atoms in total. The number of fused-ring (bicyclic) bond motifs is 3. The summed E-state index contributed by atoms with van der Waals surface area (Å²) < 4.78 is 0. The van der Waals surface area contributed by atoms with Gasteiger partial charge in [-0.2, -0.15) is 0 Å². The summed E-state index contributed by atoms with van der Waals surface area (Å²) in [5.41, 5.74) is 1.09. The van der Waals surface area contributed by atoms with Crippen molar-refractivity contribution in [2.45, 2.75) is 31.7 Å². The Labute approximate surface area is 130 Å². The van der Waals surface area contributed by atoms with E-state index in [1.54, 1.807) is 0 Å². The highest BCUT2D eigenvalue weighted by atomic mass is 32.1. The molecule has 2 bridgehead atoms. The molecular weight excluding hydrogens is 276 g/mol. The van der Waals surface area contributed by atoms with Crippen LogP contribution in [0.15, 0.2) is 42.5 Å². The normalized spacial score (nSPS) is 27.0. The number of benzene rings is 2. The smallest absolute Gasteiger partial charge is 0.171 e. The summed E-state index contributed by atoms with van der Waals surface area (Å²) in [6.45, 7) is 0. The van der Waals surface area contributed by atoms with Crippen molar-refractivity contribution in [3.63, 3.8) is 0 Å². The minimum absolute atomic E-state index is 0.582. The molecule has 0 heterocycles. The first-order valence-corrected chi connectivity index (χ1v) is 8.26. The van der Waals surface area contributed by atoms with Gasteiger partial charge in [0.25, 0.3) is 0 Å². The molecule has 2 aromatic carbocycles. The molecule has 4 rings (SSSR count). The van der Waals surface area contributed by atoms with E-state index >= 15 is 0 Å². The Morgan fingerprint density at radius 1 is 1.00 bits per heavy atom. The molecule has 108 valence electrons. The maximum atomic E-state index is 5.53. The molecule has 2 aliphatic carbocycles. The first-order valence-electron chi connectivity index (χ1n) is 7.85. The van der Waals surface area contributed by atoms with Crippen LogP contribution in [0.25, 0.3) is 10.8 Å². The molecular formula is C18H20N2S. The zero-order valence-electron chi connectivity index (χ0n) is 12.0. The van der Waals surface area contributed by atoms with Crippen LogP contribution in [0, 0.1) is 11.8 Å². The molecule has 2 fully saturated rings. The maximum absolute atomic E-state index is 5.53. The number of hydrogen-bond donors (Lipinski definition) is 2. The van der Waals surface area contributed by atoms with Crippen LogP contribution in [-0.2, 0) is 0 Å². The largest absolute Gasteiger partial charge is 0.359 e. The van der Waals surface area contributed by atoms with Crippen LogP contribution < -0.4 is 10.6 Å². The summed E-state index contributed by atoms with van der Waals surface area (Å²) >= 11 is 5.53. The monoisotopic (exact) mass is 296 g/mol. The summed E-state index contributed by atoms with van der Waals surface area (Å²) in [7, 11) is 0. The molecule has 2 aliphatic rings. The summed E-state index contributed by atoms with van der Waals surface area (Å²) in [6.07, 6.45) is 5.49. The number of anilines is 1. The van der Waals surface area contributed by atoms with E-state index in [1.807, 2.05) is 0 Å². The number of rotatable bonds is 2. The Morgan fingerprint density at radius 2 is 1.86 bits per heavy atom. The molecule has 0 spiro atoms. The van der Waals surface area contributed by atoms with Crippen molar-refractivity contribution in [2.24, 2.45) is 11.8 Å². The molecule has 3 unspecified atom stereocenters. The number of hydrogen-bond acceptors (Lipinski definition) is 1. The standard InChI is InChI=1S/C18H20N2S/c21-18(20-17-11-12-8-9-14(17)10-12)19-16-7-3-5-13-4-1-2-6-15(13)16/h1-7,12,14,17H,8-11H2,(H2,19,20,21). The van der Waals surface area contributed by atoms with Crippen molar-refractivity contribution in [1.29, 1.82) is 0 Å². The third-order valence-electron chi connectivity index (χ3n) is 5.09. The van der Waals surface area contributed by atoms with E-state index in [9.17, 15) is 0 Å². The molecule has 0 aromatic heterocycles. The third kappa shape index (κ3) is 2.51. The highest BCUT2D eigenvalue weighted by molar-refractivity contribution is 7.80. The second kappa shape index (κ2) is 5.30. The first-order chi connectivity index (χ1) is 10.3. The van der Waals surface area contributed by atoms with E-state index in [-0.39, 0.29) is 0 Å². The van der Waals surface area contributed by atoms with Crippen molar-refractivity contribution in [1.82, 2.24) is 5.32 Å². The Hall–Kier alpha value is -1.61. The lowest BCUT2D eigenvalue weighted by Gasteiger charge is -2.24. The average Bonchev–Trinajstić information content (AvgIpc) is 3.10. The highest BCUT2D eigenvalue weighted by Crippen LogP contribution is 2.44. The molecule has 0 amide bonds. The summed E-state index contributed by atoms with van der Waals surface area (Å²) in [5, 5.41) is 10.2. The second-order valence-electron chi connectivity index (χ2n) is 6.41. The number of nitrogens with one attached hydrogen (secondary N) is 2. The van der Waals surface area contributed by atoms with Crippen LogP contribution in [0.4, 0.5) is 5.69 Å². The molecule has 0 aliphatic heterocycles. The lowest BCUT2D eigenvalue weighted by Crippen LogP contribution is -2.40. The van der Waals surface area contributed by atoms with Gasteiger partial charge in [0.1, 0.15) is 0 Å². The van der Waals surface area contributed by atoms with Gasteiger partial charge in [-0.15, -0.1) is 0 Å². The van der Waals surface area contributed by atoms with Crippen LogP contribution in [0.2, 0.25) is 0 Å². The molecule has 3 atom stereocenters. The average molecular weight is 296 g/mol. The van der Waals surface area contributed by atoms with Crippen LogP contribution in [-0.4, -0.2) is 11.2 Å². The lowest BCUT2D eigenvalue weighted by molar-refractivity contribution is 0.392. The zero-order chi connectivity index (χ0) is 14.2. The fraction of sp³-hybridized carbons (Fsp3) is 0.389. The fourth-order valence-corrected chi connectivity index (χ4v) is 4.34. The van der Waals surface area contributed by atoms with Crippen LogP contribution in [0.1, 0.15) is 25.7 Å². The lowest BCUT2D eigenvalue weighted by atomic mass is 9.95.